The van der Waals surface area contributed by atoms with Gasteiger partial charge in [-0.05, 0) is 55.3 Å². The number of nitrogens with one attached hydrogen (secondary N) is 2. The van der Waals surface area contributed by atoms with E-state index in [9.17, 15) is 14.4 Å². The van der Waals surface area contributed by atoms with E-state index in [1.165, 1.54) is 0 Å². The molecule has 0 saturated carbocycles. The Morgan fingerprint density at radius 1 is 1.11 bits per heavy atom. The molecule has 0 bridgehead atoms. The van der Waals surface area contributed by atoms with Gasteiger partial charge in [0.25, 0.3) is 0 Å². The topological polar surface area (TPSA) is 95.4 Å². The molecule has 2 amide bonds. The van der Waals surface area contributed by atoms with Crippen LogP contribution in [0.1, 0.15) is 23.2 Å². The van der Waals surface area contributed by atoms with Crippen LogP contribution < -0.4 is 11.1 Å². The highest BCUT2D eigenvalue weighted by molar-refractivity contribution is 6.30. The summed E-state index contributed by atoms with van der Waals surface area (Å²) in [5.41, 5.74) is 2.12. The number of aromatic amines is 1. The summed E-state index contributed by atoms with van der Waals surface area (Å²) in [7, 11) is 0. The van der Waals surface area contributed by atoms with Crippen molar-refractivity contribution in [3.8, 4) is 0 Å². The molecule has 1 fully saturated rings. The van der Waals surface area contributed by atoms with Gasteiger partial charge in [0.2, 0.25) is 0 Å². The van der Waals surface area contributed by atoms with E-state index < -0.39 is 5.76 Å². The maximum atomic E-state index is 12.8. The SMILES string of the molecule is O=C(c1ccc2[nH]c(=O)oc2c1)C1CCN(C(=O)Nc2ccc(Cl)cc2)CC1. The van der Waals surface area contributed by atoms with E-state index >= 15 is 0 Å². The molecule has 144 valence electrons. The number of anilines is 1. The first kappa shape index (κ1) is 18.3. The fraction of sp³-hybridized carbons (Fsp3) is 0.250. The fourth-order valence-electron chi connectivity index (χ4n) is 3.41. The van der Waals surface area contributed by atoms with Gasteiger partial charge >= 0.3 is 11.8 Å². The summed E-state index contributed by atoms with van der Waals surface area (Å²) in [5, 5.41) is 3.44. The van der Waals surface area contributed by atoms with Crippen LogP contribution in [-0.4, -0.2) is 34.8 Å². The molecule has 1 aliphatic heterocycles. The molecule has 1 aromatic heterocycles. The number of ketones is 1. The van der Waals surface area contributed by atoms with Gasteiger partial charge in [-0.3, -0.25) is 9.78 Å². The van der Waals surface area contributed by atoms with E-state index in [1.54, 1.807) is 47.4 Å². The van der Waals surface area contributed by atoms with Crippen molar-refractivity contribution in [3.05, 3.63) is 63.6 Å². The third-order valence-corrected chi connectivity index (χ3v) is 5.21. The molecule has 28 heavy (non-hydrogen) atoms. The molecule has 7 nitrogen and oxygen atoms in total. The Labute approximate surface area is 165 Å². The number of H-pyrrole nitrogens is 1. The molecule has 8 heteroatoms. The maximum Gasteiger partial charge on any atom is 0.417 e. The Bertz CT molecular complexity index is 1080. The first-order valence-corrected chi connectivity index (χ1v) is 9.36. The van der Waals surface area contributed by atoms with Gasteiger partial charge in [0.1, 0.15) is 0 Å². The summed E-state index contributed by atoms with van der Waals surface area (Å²) >= 11 is 5.85. The Morgan fingerprint density at radius 2 is 1.82 bits per heavy atom. The van der Waals surface area contributed by atoms with Gasteiger partial charge in [-0.2, -0.15) is 0 Å². The summed E-state index contributed by atoms with van der Waals surface area (Å²) < 4.78 is 5.03. The first-order valence-electron chi connectivity index (χ1n) is 8.98. The molecular weight excluding hydrogens is 382 g/mol. The second-order valence-corrected chi connectivity index (χ2v) is 7.22. The van der Waals surface area contributed by atoms with Crippen LogP contribution in [0.2, 0.25) is 5.02 Å². The van der Waals surface area contributed by atoms with Gasteiger partial charge in [0, 0.05) is 35.3 Å². The number of nitrogens with zero attached hydrogens (tertiary/aromatic N) is 1. The van der Waals surface area contributed by atoms with E-state index in [-0.39, 0.29) is 17.7 Å². The van der Waals surface area contributed by atoms with E-state index in [4.69, 9.17) is 16.0 Å². The number of aromatic nitrogens is 1. The van der Waals surface area contributed by atoms with Crippen molar-refractivity contribution in [2.24, 2.45) is 5.92 Å². The van der Waals surface area contributed by atoms with Gasteiger partial charge in [-0.1, -0.05) is 11.6 Å². The molecule has 0 radical (unpaired) electrons. The maximum absolute atomic E-state index is 12.8. The van der Waals surface area contributed by atoms with Gasteiger partial charge in [0.05, 0.1) is 5.52 Å². The van der Waals surface area contributed by atoms with Crippen LogP contribution in [-0.2, 0) is 0 Å². The van der Waals surface area contributed by atoms with Crippen LogP contribution >= 0.6 is 11.6 Å². The van der Waals surface area contributed by atoms with Gasteiger partial charge in [-0.25, -0.2) is 9.59 Å². The minimum atomic E-state index is -0.542. The quantitative estimate of drug-likeness (QED) is 0.653. The normalized spacial score (nSPS) is 15.0. The Kier molecular flexibility index (Phi) is 4.92. The molecule has 1 saturated heterocycles. The number of Topliss-reactive ketones (excluding diaryl/α,β-unsaturated/α-hetero) is 1. The number of carbonyl (C=O) groups excluding carboxylic acids is 2. The second-order valence-electron chi connectivity index (χ2n) is 6.79. The van der Waals surface area contributed by atoms with Crippen molar-refractivity contribution in [2.45, 2.75) is 12.8 Å². The number of benzene rings is 2. The second kappa shape index (κ2) is 7.52. The predicted molar refractivity (Wildman–Crippen MR) is 106 cm³/mol. The van der Waals surface area contributed by atoms with E-state index in [2.05, 4.69) is 10.3 Å². The highest BCUT2D eigenvalue weighted by Gasteiger charge is 2.28. The molecule has 1 aliphatic rings. The van der Waals surface area contributed by atoms with Crippen LogP contribution in [0.5, 0.6) is 0 Å². The summed E-state index contributed by atoms with van der Waals surface area (Å²) in [6.07, 6.45) is 1.17. The van der Waals surface area contributed by atoms with Gasteiger partial charge in [-0.15, -0.1) is 0 Å². The molecule has 2 aromatic carbocycles. The molecular formula is C20H18ClN3O4. The zero-order valence-corrected chi connectivity index (χ0v) is 15.7. The average Bonchev–Trinajstić information content (AvgIpc) is 3.08. The molecule has 0 unspecified atom stereocenters. The average molecular weight is 400 g/mol. The number of urea groups is 1. The number of hydrogen-bond acceptors (Lipinski definition) is 4. The molecule has 0 aliphatic carbocycles. The van der Waals surface area contributed by atoms with Crippen molar-refractivity contribution >= 4 is 40.2 Å². The standard InChI is InChI=1S/C20H18ClN3O4/c21-14-2-4-15(5-3-14)22-19(26)24-9-7-12(8-10-24)18(25)13-1-6-16-17(11-13)28-20(27)23-16/h1-6,11-12H,7-10H2,(H,22,26)(H,23,27). The van der Waals surface area contributed by atoms with Gasteiger partial charge < -0.3 is 14.6 Å². The van der Waals surface area contributed by atoms with E-state index in [0.717, 1.165) is 0 Å². The van der Waals surface area contributed by atoms with E-state index in [1.807, 2.05) is 0 Å². The number of rotatable bonds is 3. The first-order chi connectivity index (χ1) is 13.5. The third-order valence-electron chi connectivity index (χ3n) is 4.95. The lowest BCUT2D eigenvalue weighted by atomic mass is 9.89. The number of carbonyl (C=O) groups is 2. The smallest absolute Gasteiger partial charge is 0.408 e. The van der Waals surface area contributed by atoms with Crippen molar-refractivity contribution in [2.75, 3.05) is 18.4 Å². The zero-order chi connectivity index (χ0) is 19.7. The van der Waals surface area contributed by atoms with Crippen molar-refractivity contribution < 1.29 is 14.0 Å². The highest BCUT2D eigenvalue weighted by atomic mass is 35.5. The third kappa shape index (κ3) is 3.80. The lowest BCUT2D eigenvalue weighted by molar-refractivity contribution is 0.0859. The summed E-state index contributed by atoms with van der Waals surface area (Å²) in [6, 6.07) is 11.7. The minimum absolute atomic E-state index is 0.00325. The van der Waals surface area contributed by atoms with Gasteiger partial charge in [0.15, 0.2) is 11.4 Å². The molecule has 2 heterocycles. The number of fused-ring (bicyclic) bond motifs is 1. The van der Waals surface area contributed by atoms with Crippen molar-refractivity contribution in [1.82, 2.24) is 9.88 Å². The highest BCUT2D eigenvalue weighted by Crippen LogP contribution is 2.24. The lowest BCUT2D eigenvalue weighted by Gasteiger charge is -2.31. The summed E-state index contributed by atoms with van der Waals surface area (Å²) in [5.74, 6) is -0.703. The van der Waals surface area contributed by atoms with Crippen molar-refractivity contribution in [1.29, 1.82) is 0 Å². The van der Waals surface area contributed by atoms with Crippen molar-refractivity contribution in [3.63, 3.8) is 0 Å². The van der Waals surface area contributed by atoms with Crippen LogP contribution in [0.15, 0.2) is 51.7 Å². The number of oxazole rings is 1. The van der Waals surface area contributed by atoms with Crippen LogP contribution in [0.25, 0.3) is 11.1 Å². The number of piperidine rings is 1. The number of likely N-dealkylation sites (tertiary alicyclic amines) is 1. The zero-order valence-electron chi connectivity index (χ0n) is 14.9. The van der Waals surface area contributed by atoms with E-state index in [0.29, 0.717) is 53.3 Å². The molecule has 0 atom stereocenters. The Balaban J connectivity index is 1.37. The molecule has 3 aromatic rings. The fourth-order valence-corrected chi connectivity index (χ4v) is 3.54. The Hall–Kier alpha value is -3.06. The molecule has 4 rings (SSSR count). The minimum Gasteiger partial charge on any atom is -0.408 e. The summed E-state index contributed by atoms with van der Waals surface area (Å²) in [6.45, 7) is 0.995. The largest absolute Gasteiger partial charge is 0.417 e. The number of hydrogen-bond donors (Lipinski definition) is 2. The number of amides is 2. The molecule has 2 N–H and O–H groups in total. The van der Waals surface area contributed by atoms with Crippen LogP contribution in [0.4, 0.5) is 10.5 Å². The monoisotopic (exact) mass is 399 g/mol. The van der Waals surface area contributed by atoms with Crippen LogP contribution in [0.3, 0.4) is 0 Å². The lowest BCUT2D eigenvalue weighted by Crippen LogP contribution is -2.42. The Morgan fingerprint density at radius 3 is 2.54 bits per heavy atom. The van der Waals surface area contributed by atoms with Crippen LogP contribution in [0, 0.1) is 5.92 Å². The summed E-state index contributed by atoms with van der Waals surface area (Å²) in [4.78, 5) is 40.7. The predicted octanol–water partition coefficient (Wildman–Crippen LogP) is 3.90. The number of halogens is 1. The molecule has 0 spiro atoms.